The molecule has 3 N–H and O–H groups in total. The van der Waals surface area contributed by atoms with Gasteiger partial charge in [0.05, 0.1) is 17.6 Å². The fraction of sp³-hybridized carbons (Fsp3) is 0.417. The molecule has 0 aliphatic heterocycles. The normalized spacial score (nSPS) is 11.7. The monoisotopic (exact) mass is 267 g/mol. The van der Waals surface area contributed by atoms with Gasteiger partial charge in [0.15, 0.2) is 0 Å². The Balaban J connectivity index is 2.90. The van der Waals surface area contributed by atoms with Crippen LogP contribution < -0.4 is 15.8 Å². The lowest BCUT2D eigenvalue weighted by atomic mass is 10.1. The van der Waals surface area contributed by atoms with Gasteiger partial charge < -0.3 is 15.8 Å². The largest absolute Gasteiger partial charge is 0.490 e. The minimum absolute atomic E-state index is 0.0210. The second kappa shape index (κ2) is 6.69. The van der Waals surface area contributed by atoms with Crippen molar-refractivity contribution in [2.75, 3.05) is 13.7 Å². The number of methoxy groups -OCH3 is 1. The Morgan fingerprint density at radius 1 is 1.58 bits per heavy atom. The molecule has 7 nitrogen and oxygen atoms in total. The summed E-state index contributed by atoms with van der Waals surface area (Å²) in [6.07, 6.45) is 0.628. The van der Waals surface area contributed by atoms with Crippen molar-refractivity contribution in [2.24, 2.45) is 5.73 Å². The second-order valence-electron chi connectivity index (χ2n) is 4.14. The van der Waals surface area contributed by atoms with Gasteiger partial charge >= 0.3 is 5.69 Å². The highest BCUT2D eigenvalue weighted by molar-refractivity contribution is 5.98. The van der Waals surface area contributed by atoms with Crippen LogP contribution in [0.25, 0.3) is 0 Å². The Labute approximate surface area is 110 Å². The van der Waals surface area contributed by atoms with E-state index in [9.17, 15) is 14.9 Å². The molecule has 1 amide bonds. The first-order valence-electron chi connectivity index (χ1n) is 5.82. The summed E-state index contributed by atoms with van der Waals surface area (Å²) >= 11 is 0. The predicted octanol–water partition coefficient (Wildman–Crippen LogP) is 1.07. The maximum Gasteiger partial charge on any atom is 0.311 e. The van der Waals surface area contributed by atoms with Gasteiger partial charge in [0.1, 0.15) is 0 Å². The first-order chi connectivity index (χ1) is 8.97. The minimum Gasteiger partial charge on any atom is -0.490 e. The van der Waals surface area contributed by atoms with Crippen LogP contribution >= 0.6 is 0 Å². The number of benzene rings is 1. The van der Waals surface area contributed by atoms with Gasteiger partial charge in [0, 0.05) is 18.7 Å². The summed E-state index contributed by atoms with van der Waals surface area (Å²) < 4.78 is 4.96. The van der Waals surface area contributed by atoms with E-state index in [0.717, 1.165) is 0 Å². The number of nitrogens with one attached hydrogen (secondary N) is 1. The number of carbonyl (C=O) groups excluding carboxylic acids is 1. The zero-order valence-corrected chi connectivity index (χ0v) is 10.9. The maximum absolute atomic E-state index is 11.9. The predicted molar refractivity (Wildman–Crippen MR) is 70.2 cm³/mol. The highest BCUT2D eigenvalue weighted by atomic mass is 16.6. The Morgan fingerprint density at radius 3 is 2.79 bits per heavy atom. The van der Waals surface area contributed by atoms with Crippen LogP contribution in [0.2, 0.25) is 0 Å². The number of carbonyl (C=O) groups is 1. The molecular weight excluding hydrogens is 250 g/mol. The Bertz CT molecular complexity index is 474. The second-order valence-corrected chi connectivity index (χ2v) is 4.14. The van der Waals surface area contributed by atoms with Crippen molar-refractivity contribution < 1.29 is 14.5 Å². The van der Waals surface area contributed by atoms with Gasteiger partial charge in [-0.2, -0.15) is 0 Å². The van der Waals surface area contributed by atoms with E-state index in [2.05, 4.69) is 5.32 Å². The Kier molecular flexibility index (Phi) is 5.25. The van der Waals surface area contributed by atoms with E-state index in [1.807, 2.05) is 6.92 Å². The lowest BCUT2D eigenvalue weighted by Crippen LogP contribution is -2.29. The number of hydrogen-bond acceptors (Lipinski definition) is 5. The molecule has 0 radical (unpaired) electrons. The average Bonchev–Trinajstić information content (AvgIpc) is 2.36. The zero-order valence-electron chi connectivity index (χ0n) is 10.9. The van der Waals surface area contributed by atoms with Crippen LogP contribution in [0.1, 0.15) is 23.7 Å². The summed E-state index contributed by atoms with van der Waals surface area (Å²) in [5, 5.41) is 13.5. The van der Waals surface area contributed by atoms with Crippen LogP contribution in [0.5, 0.6) is 5.75 Å². The third kappa shape index (κ3) is 3.92. The number of nitrogens with zero attached hydrogens (tertiary/aromatic N) is 1. The molecule has 0 aromatic heterocycles. The third-order valence-corrected chi connectivity index (χ3v) is 2.52. The standard InChI is InChI=1S/C12H17N3O4/c1-8(13)6-7-14-12(16)9-4-3-5-10(15(17)18)11(9)19-2/h3-5,8H,6-7,13H2,1-2H3,(H,14,16). The van der Waals surface area contributed by atoms with Crippen molar-refractivity contribution in [3.8, 4) is 5.75 Å². The molecule has 19 heavy (non-hydrogen) atoms. The van der Waals surface area contributed by atoms with E-state index >= 15 is 0 Å². The summed E-state index contributed by atoms with van der Waals surface area (Å²) in [7, 11) is 1.29. The molecule has 1 unspecified atom stereocenters. The van der Waals surface area contributed by atoms with Gasteiger partial charge in [-0.05, 0) is 19.4 Å². The lowest BCUT2D eigenvalue weighted by Gasteiger charge is -2.10. The maximum atomic E-state index is 11.9. The summed E-state index contributed by atoms with van der Waals surface area (Å²) in [5.41, 5.74) is 5.48. The number of nitrogens with two attached hydrogens (primary N) is 1. The first-order valence-corrected chi connectivity index (χ1v) is 5.82. The number of rotatable bonds is 6. The molecule has 104 valence electrons. The quantitative estimate of drug-likeness (QED) is 0.592. The van der Waals surface area contributed by atoms with E-state index in [1.54, 1.807) is 0 Å². The topological polar surface area (TPSA) is 107 Å². The van der Waals surface area contributed by atoms with Crippen LogP contribution in [0.4, 0.5) is 5.69 Å². The van der Waals surface area contributed by atoms with Gasteiger partial charge in [0.2, 0.25) is 5.75 Å². The summed E-state index contributed by atoms with van der Waals surface area (Å²) in [5.74, 6) is -0.452. The third-order valence-electron chi connectivity index (χ3n) is 2.52. The van der Waals surface area contributed by atoms with Gasteiger partial charge in [-0.25, -0.2) is 0 Å². The first kappa shape index (κ1) is 14.9. The van der Waals surface area contributed by atoms with Gasteiger partial charge in [-0.3, -0.25) is 14.9 Å². The van der Waals surface area contributed by atoms with E-state index in [-0.39, 0.29) is 23.0 Å². The molecule has 7 heteroatoms. The molecular formula is C12H17N3O4. The van der Waals surface area contributed by atoms with Gasteiger partial charge in [0.25, 0.3) is 5.91 Å². The summed E-state index contributed by atoms with van der Waals surface area (Å²) in [4.78, 5) is 22.2. The van der Waals surface area contributed by atoms with Crippen molar-refractivity contribution in [3.63, 3.8) is 0 Å². The van der Waals surface area contributed by atoms with Crippen molar-refractivity contribution in [1.29, 1.82) is 0 Å². The van der Waals surface area contributed by atoms with Crippen LogP contribution in [-0.2, 0) is 0 Å². The van der Waals surface area contributed by atoms with E-state index in [1.165, 1.54) is 25.3 Å². The van der Waals surface area contributed by atoms with Gasteiger partial charge in [-0.1, -0.05) is 6.07 Å². The van der Waals surface area contributed by atoms with E-state index in [0.29, 0.717) is 13.0 Å². The summed E-state index contributed by atoms with van der Waals surface area (Å²) in [6, 6.07) is 4.19. The fourth-order valence-corrected chi connectivity index (χ4v) is 1.57. The van der Waals surface area contributed by atoms with Gasteiger partial charge in [-0.15, -0.1) is 0 Å². The van der Waals surface area contributed by atoms with Crippen LogP contribution in [0.15, 0.2) is 18.2 Å². The van der Waals surface area contributed by atoms with Crippen LogP contribution in [-0.4, -0.2) is 30.5 Å². The molecule has 0 aliphatic rings. The number of nitro benzene ring substituents is 1. The molecule has 0 saturated carbocycles. The molecule has 0 fully saturated rings. The van der Waals surface area contributed by atoms with Crippen molar-refractivity contribution in [3.05, 3.63) is 33.9 Å². The molecule has 1 atom stereocenters. The molecule has 0 spiro atoms. The van der Waals surface area contributed by atoms with E-state index in [4.69, 9.17) is 10.5 Å². The Hall–Kier alpha value is -2.15. The minimum atomic E-state index is -0.586. The SMILES string of the molecule is COc1c(C(=O)NCCC(C)N)cccc1[N+](=O)[O-]. The van der Waals surface area contributed by atoms with Crippen molar-refractivity contribution >= 4 is 11.6 Å². The lowest BCUT2D eigenvalue weighted by molar-refractivity contribution is -0.385. The molecule has 0 aliphatic carbocycles. The molecule has 1 rings (SSSR count). The average molecular weight is 267 g/mol. The van der Waals surface area contributed by atoms with Crippen molar-refractivity contribution in [2.45, 2.75) is 19.4 Å². The number of ether oxygens (including phenoxy) is 1. The fourth-order valence-electron chi connectivity index (χ4n) is 1.57. The van der Waals surface area contributed by atoms with E-state index < -0.39 is 10.8 Å². The molecule has 1 aromatic carbocycles. The molecule has 0 bridgehead atoms. The van der Waals surface area contributed by atoms with Crippen LogP contribution in [0, 0.1) is 10.1 Å². The van der Waals surface area contributed by atoms with Crippen molar-refractivity contribution in [1.82, 2.24) is 5.32 Å². The van der Waals surface area contributed by atoms with Crippen LogP contribution in [0.3, 0.4) is 0 Å². The molecule has 1 aromatic rings. The smallest absolute Gasteiger partial charge is 0.311 e. The number of para-hydroxylation sites is 1. The highest BCUT2D eigenvalue weighted by Crippen LogP contribution is 2.30. The number of nitro groups is 1. The summed E-state index contributed by atoms with van der Waals surface area (Å²) in [6.45, 7) is 2.24. The molecule has 0 saturated heterocycles. The Morgan fingerprint density at radius 2 is 2.26 bits per heavy atom. The highest BCUT2D eigenvalue weighted by Gasteiger charge is 2.22. The number of amides is 1. The molecule has 0 heterocycles. The zero-order chi connectivity index (χ0) is 14.4. The number of hydrogen-bond donors (Lipinski definition) is 2.